The zero-order valence-corrected chi connectivity index (χ0v) is 6.92. The molecule has 0 heterocycles. The van der Waals surface area contributed by atoms with E-state index in [1.54, 1.807) is 0 Å². The van der Waals surface area contributed by atoms with Gasteiger partial charge < -0.3 is 4.74 Å². The van der Waals surface area contributed by atoms with Crippen molar-refractivity contribution < 1.29 is 4.74 Å². The van der Waals surface area contributed by atoms with Crippen LogP contribution in [0.5, 0.6) is 5.75 Å². The Hall–Kier alpha value is -0.383. The Kier molecular flexibility index (Phi) is 7.04. The van der Waals surface area contributed by atoms with Crippen LogP contribution in [0.1, 0.15) is 19.8 Å². The number of benzene rings is 1. The molecule has 2 heteroatoms. The number of hydrogen-bond donors (Lipinski definition) is 0. The molecular weight excluding hydrogens is 143 g/mol. The molecule has 0 saturated carbocycles. The van der Waals surface area contributed by atoms with Crippen LogP contribution < -0.4 is 4.74 Å². The van der Waals surface area contributed by atoms with Gasteiger partial charge in [-0.05, 0) is 18.6 Å². The number of unbranched alkanes of at least 4 members (excludes halogenated alkanes) is 1. The van der Waals surface area contributed by atoms with Crippen molar-refractivity contribution in [2.75, 3.05) is 6.61 Å². The average Bonchev–Trinajstić information content (AvgIpc) is 2.07. The van der Waals surface area contributed by atoms with Crippen molar-refractivity contribution in [3.8, 4) is 5.75 Å². The van der Waals surface area contributed by atoms with Crippen molar-refractivity contribution >= 4 is 18.9 Å². The van der Waals surface area contributed by atoms with Crippen LogP contribution in [0.3, 0.4) is 0 Å². The number of ether oxygens (including phenoxy) is 1. The van der Waals surface area contributed by atoms with Gasteiger partial charge in [0, 0.05) is 0 Å². The fourth-order valence-electron chi connectivity index (χ4n) is 0.851. The van der Waals surface area contributed by atoms with E-state index >= 15 is 0 Å². The summed E-state index contributed by atoms with van der Waals surface area (Å²) in [7, 11) is 0. The normalized spacial score (nSPS) is 8.75. The number of para-hydroxylation sites is 1. The van der Waals surface area contributed by atoms with Gasteiger partial charge in [0.2, 0.25) is 0 Å². The van der Waals surface area contributed by atoms with Crippen LogP contribution in [0, 0.1) is 0 Å². The summed E-state index contributed by atoms with van der Waals surface area (Å²) in [5.74, 6) is 0.973. The zero-order valence-electron chi connectivity index (χ0n) is 6.92. The van der Waals surface area contributed by atoms with Crippen molar-refractivity contribution in [2.24, 2.45) is 0 Å². The predicted octanol–water partition coefficient (Wildman–Crippen LogP) is 2.22. The molecule has 12 heavy (non-hydrogen) atoms. The SMILES string of the molecule is CCCCOc1ccccc1.[LiH]. The standard InChI is InChI=1S/C10H14O.Li.H/c1-2-3-9-11-10-7-5-4-6-8-10;;/h4-8H,2-3,9H2,1H3;;. The molecule has 0 aromatic heterocycles. The van der Waals surface area contributed by atoms with Crippen LogP contribution in [0.2, 0.25) is 0 Å². The van der Waals surface area contributed by atoms with Gasteiger partial charge in [-0.25, -0.2) is 0 Å². The Morgan fingerprint density at radius 3 is 2.42 bits per heavy atom. The number of rotatable bonds is 4. The molecule has 1 aromatic carbocycles. The molecule has 0 spiro atoms. The van der Waals surface area contributed by atoms with E-state index in [9.17, 15) is 0 Å². The third-order valence-corrected chi connectivity index (χ3v) is 1.51. The summed E-state index contributed by atoms with van der Waals surface area (Å²) < 4.78 is 5.45. The Morgan fingerprint density at radius 2 is 1.83 bits per heavy atom. The van der Waals surface area contributed by atoms with Crippen LogP contribution in [0.25, 0.3) is 0 Å². The molecule has 0 unspecified atom stereocenters. The van der Waals surface area contributed by atoms with Gasteiger partial charge in [0.25, 0.3) is 0 Å². The summed E-state index contributed by atoms with van der Waals surface area (Å²) in [5, 5.41) is 0. The first kappa shape index (κ1) is 11.6. The summed E-state index contributed by atoms with van der Waals surface area (Å²) in [5.41, 5.74) is 0. The fraction of sp³-hybridized carbons (Fsp3) is 0.400. The Morgan fingerprint density at radius 1 is 1.17 bits per heavy atom. The molecule has 0 aliphatic rings. The third-order valence-electron chi connectivity index (χ3n) is 1.51. The molecule has 0 bridgehead atoms. The van der Waals surface area contributed by atoms with Crippen molar-refractivity contribution in [1.29, 1.82) is 0 Å². The van der Waals surface area contributed by atoms with E-state index in [0.29, 0.717) is 0 Å². The van der Waals surface area contributed by atoms with E-state index in [4.69, 9.17) is 4.74 Å². The monoisotopic (exact) mass is 158 g/mol. The van der Waals surface area contributed by atoms with E-state index < -0.39 is 0 Å². The van der Waals surface area contributed by atoms with Crippen molar-refractivity contribution in [1.82, 2.24) is 0 Å². The molecule has 0 N–H and O–H groups in total. The fourth-order valence-corrected chi connectivity index (χ4v) is 0.851. The average molecular weight is 158 g/mol. The summed E-state index contributed by atoms with van der Waals surface area (Å²) in [4.78, 5) is 0. The van der Waals surface area contributed by atoms with E-state index in [1.807, 2.05) is 30.3 Å². The van der Waals surface area contributed by atoms with Crippen LogP contribution >= 0.6 is 0 Å². The Labute approximate surface area is 86.3 Å². The molecule has 0 amide bonds. The van der Waals surface area contributed by atoms with Crippen LogP contribution in [-0.4, -0.2) is 25.5 Å². The van der Waals surface area contributed by atoms with Crippen LogP contribution in [0.4, 0.5) is 0 Å². The second-order valence-electron chi connectivity index (χ2n) is 2.52. The summed E-state index contributed by atoms with van der Waals surface area (Å²) in [6, 6.07) is 9.93. The first-order chi connectivity index (χ1) is 5.43. The van der Waals surface area contributed by atoms with E-state index in [1.165, 1.54) is 6.42 Å². The van der Waals surface area contributed by atoms with Crippen LogP contribution in [-0.2, 0) is 0 Å². The second-order valence-corrected chi connectivity index (χ2v) is 2.52. The topological polar surface area (TPSA) is 9.23 Å². The Bertz CT molecular complexity index is 186. The third kappa shape index (κ3) is 4.49. The maximum absolute atomic E-state index is 5.45. The first-order valence-corrected chi connectivity index (χ1v) is 4.11. The molecule has 0 radical (unpaired) electrons. The summed E-state index contributed by atoms with van der Waals surface area (Å²) in [6.07, 6.45) is 2.32. The van der Waals surface area contributed by atoms with E-state index in [-0.39, 0.29) is 18.9 Å². The predicted molar refractivity (Wildman–Crippen MR) is 54.0 cm³/mol. The van der Waals surface area contributed by atoms with Gasteiger partial charge in [-0.15, -0.1) is 0 Å². The van der Waals surface area contributed by atoms with E-state index in [0.717, 1.165) is 18.8 Å². The maximum atomic E-state index is 5.45. The van der Waals surface area contributed by atoms with Crippen molar-refractivity contribution in [3.63, 3.8) is 0 Å². The van der Waals surface area contributed by atoms with E-state index in [2.05, 4.69) is 6.92 Å². The molecule has 1 aromatic rings. The first-order valence-electron chi connectivity index (χ1n) is 4.11. The minimum absolute atomic E-state index is 0. The molecular formula is C10H15LiO. The minimum atomic E-state index is 0. The molecule has 62 valence electrons. The molecule has 1 nitrogen and oxygen atoms in total. The van der Waals surface area contributed by atoms with Gasteiger partial charge >= 0.3 is 18.9 Å². The van der Waals surface area contributed by atoms with Crippen molar-refractivity contribution in [3.05, 3.63) is 30.3 Å². The number of hydrogen-bond acceptors (Lipinski definition) is 1. The quantitative estimate of drug-likeness (QED) is 0.482. The Balaban J connectivity index is 0.00000121. The van der Waals surface area contributed by atoms with Gasteiger partial charge in [0.15, 0.2) is 0 Å². The molecule has 0 saturated heterocycles. The molecule has 1 rings (SSSR count). The molecule has 0 fully saturated rings. The zero-order chi connectivity index (χ0) is 7.94. The second kappa shape index (κ2) is 7.28. The summed E-state index contributed by atoms with van der Waals surface area (Å²) in [6.45, 7) is 2.99. The van der Waals surface area contributed by atoms with Gasteiger partial charge in [-0.3, -0.25) is 0 Å². The molecule has 0 aliphatic carbocycles. The van der Waals surface area contributed by atoms with Gasteiger partial charge in [-0.1, -0.05) is 31.5 Å². The summed E-state index contributed by atoms with van der Waals surface area (Å²) >= 11 is 0. The van der Waals surface area contributed by atoms with Gasteiger partial charge in [0.1, 0.15) is 5.75 Å². The van der Waals surface area contributed by atoms with Crippen LogP contribution in [0.15, 0.2) is 30.3 Å². The molecule has 0 atom stereocenters. The molecule has 0 aliphatic heterocycles. The van der Waals surface area contributed by atoms with Gasteiger partial charge in [-0.2, -0.15) is 0 Å². The van der Waals surface area contributed by atoms with Gasteiger partial charge in [0.05, 0.1) is 6.61 Å². The van der Waals surface area contributed by atoms with Crippen molar-refractivity contribution in [2.45, 2.75) is 19.8 Å².